The summed E-state index contributed by atoms with van der Waals surface area (Å²) in [6.45, 7) is 2.40. The van der Waals surface area contributed by atoms with Gasteiger partial charge in [0.1, 0.15) is 0 Å². The molecule has 19 heavy (non-hydrogen) atoms. The van der Waals surface area contributed by atoms with Crippen LogP contribution in [0.25, 0.3) is 0 Å². The minimum atomic E-state index is -0.849. The second kappa shape index (κ2) is 5.53. The van der Waals surface area contributed by atoms with Crippen molar-refractivity contribution in [3.8, 4) is 0 Å². The molecule has 0 bridgehead atoms. The van der Waals surface area contributed by atoms with Gasteiger partial charge in [-0.3, -0.25) is 10.1 Å². The molecule has 1 aromatic carbocycles. The number of nitro groups is 1. The number of hydrogen-bond acceptors (Lipinski definition) is 6. The van der Waals surface area contributed by atoms with Crippen LogP contribution in [0.5, 0.6) is 0 Å². The van der Waals surface area contributed by atoms with Crippen molar-refractivity contribution in [2.45, 2.75) is 20.0 Å². The van der Waals surface area contributed by atoms with E-state index in [9.17, 15) is 14.5 Å². The van der Waals surface area contributed by atoms with Crippen LogP contribution in [-0.2, 0) is 13.1 Å². The van der Waals surface area contributed by atoms with E-state index in [-0.39, 0.29) is 0 Å². The van der Waals surface area contributed by atoms with Crippen LogP contribution in [0, 0.1) is 22.9 Å². The molecule has 7 nitrogen and oxygen atoms in total. The molecule has 2 aromatic rings. The first-order valence-electron chi connectivity index (χ1n) is 5.49. The van der Waals surface area contributed by atoms with Crippen LogP contribution in [-0.4, -0.2) is 15.1 Å². The lowest BCUT2D eigenvalue weighted by Gasteiger charge is -2.02. The van der Waals surface area contributed by atoms with Gasteiger partial charge in [-0.25, -0.2) is 0 Å². The number of benzene rings is 1. The Bertz CT molecular complexity index is 599. The second-order valence-electron chi connectivity index (χ2n) is 3.88. The minimum Gasteiger partial charge on any atom is -0.338 e. The van der Waals surface area contributed by atoms with E-state index in [2.05, 4.69) is 15.5 Å². The maximum atomic E-state index is 13.3. The summed E-state index contributed by atoms with van der Waals surface area (Å²) in [6, 6.07) is 3.76. The number of aryl methyl sites for hydroxylation is 1. The number of hydrogen-bond donors (Lipinski definition) is 1. The lowest BCUT2D eigenvalue weighted by atomic mass is 10.2. The van der Waals surface area contributed by atoms with Gasteiger partial charge >= 0.3 is 5.69 Å². The summed E-state index contributed by atoms with van der Waals surface area (Å²) >= 11 is 0. The van der Waals surface area contributed by atoms with Crippen molar-refractivity contribution in [3.63, 3.8) is 0 Å². The maximum absolute atomic E-state index is 13.3. The summed E-state index contributed by atoms with van der Waals surface area (Å²) in [5, 5.41) is 17.1. The molecule has 0 atom stereocenters. The molecule has 0 aliphatic heterocycles. The van der Waals surface area contributed by atoms with E-state index in [1.54, 1.807) is 6.92 Å². The fourth-order valence-electron chi connectivity index (χ4n) is 1.53. The minimum absolute atomic E-state index is 0.344. The quantitative estimate of drug-likeness (QED) is 0.654. The van der Waals surface area contributed by atoms with Crippen molar-refractivity contribution in [2.24, 2.45) is 0 Å². The average Bonchev–Trinajstić information content (AvgIpc) is 2.75. The van der Waals surface area contributed by atoms with Crippen LogP contribution in [0.2, 0.25) is 0 Å². The van der Waals surface area contributed by atoms with E-state index in [1.807, 2.05) is 0 Å². The van der Waals surface area contributed by atoms with Crippen LogP contribution in [0.3, 0.4) is 0 Å². The molecule has 0 fully saturated rings. The second-order valence-corrected chi connectivity index (χ2v) is 3.88. The molecule has 1 N–H and O–H groups in total. The Hall–Kier alpha value is -2.35. The standard InChI is InChI=1S/C11H11FN4O3/c1-7-14-11(19-15-7)6-13-5-8-2-3-10(16(17)18)9(12)4-8/h2-4,13H,5-6H2,1H3. The van der Waals surface area contributed by atoms with Crippen molar-refractivity contribution in [1.29, 1.82) is 0 Å². The summed E-state index contributed by atoms with van der Waals surface area (Å²) < 4.78 is 18.2. The molecule has 0 aliphatic rings. The van der Waals surface area contributed by atoms with Crippen LogP contribution < -0.4 is 5.32 Å². The predicted octanol–water partition coefficient (Wildman–Crippen LogP) is 1.72. The highest BCUT2D eigenvalue weighted by atomic mass is 19.1. The lowest BCUT2D eigenvalue weighted by Crippen LogP contribution is -2.13. The molecule has 0 saturated carbocycles. The summed E-state index contributed by atoms with van der Waals surface area (Å²) in [7, 11) is 0. The third kappa shape index (κ3) is 3.32. The first-order chi connectivity index (χ1) is 9.06. The number of halogens is 1. The fourth-order valence-corrected chi connectivity index (χ4v) is 1.53. The Labute approximate surface area is 107 Å². The Balaban J connectivity index is 1.93. The van der Waals surface area contributed by atoms with Gasteiger partial charge in [-0.2, -0.15) is 9.37 Å². The topological polar surface area (TPSA) is 94.1 Å². The van der Waals surface area contributed by atoms with Gasteiger partial charge in [0.2, 0.25) is 11.7 Å². The molecule has 2 rings (SSSR count). The highest BCUT2D eigenvalue weighted by Gasteiger charge is 2.13. The van der Waals surface area contributed by atoms with E-state index >= 15 is 0 Å². The van der Waals surface area contributed by atoms with Crippen LogP contribution >= 0.6 is 0 Å². The molecule has 100 valence electrons. The fraction of sp³-hybridized carbons (Fsp3) is 0.273. The Morgan fingerprint density at radius 1 is 1.47 bits per heavy atom. The third-order valence-electron chi connectivity index (χ3n) is 2.38. The van der Waals surface area contributed by atoms with Gasteiger partial charge in [-0.05, 0) is 18.6 Å². The van der Waals surface area contributed by atoms with E-state index in [1.165, 1.54) is 6.07 Å². The monoisotopic (exact) mass is 266 g/mol. The van der Waals surface area contributed by atoms with Gasteiger partial charge in [-0.1, -0.05) is 11.2 Å². The first kappa shape index (κ1) is 13.1. The highest BCUT2D eigenvalue weighted by Crippen LogP contribution is 2.17. The van der Waals surface area contributed by atoms with Gasteiger partial charge in [0.15, 0.2) is 5.82 Å². The zero-order valence-electron chi connectivity index (χ0n) is 10.1. The van der Waals surface area contributed by atoms with Crippen LogP contribution in [0.15, 0.2) is 22.7 Å². The molecule has 0 radical (unpaired) electrons. The van der Waals surface area contributed by atoms with E-state index in [4.69, 9.17) is 4.52 Å². The molecular weight excluding hydrogens is 255 g/mol. The van der Waals surface area contributed by atoms with Crippen LogP contribution in [0.1, 0.15) is 17.3 Å². The van der Waals surface area contributed by atoms with Crippen molar-refractivity contribution in [2.75, 3.05) is 0 Å². The summed E-state index contributed by atoms with van der Waals surface area (Å²) in [4.78, 5) is 13.7. The van der Waals surface area contributed by atoms with E-state index < -0.39 is 16.4 Å². The average molecular weight is 266 g/mol. The predicted molar refractivity (Wildman–Crippen MR) is 62.6 cm³/mol. The number of aromatic nitrogens is 2. The van der Waals surface area contributed by atoms with Crippen molar-refractivity contribution >= 4 is 5.69 Å². The Morgan fingerprint density at radius 3 is 2.84 bits per heavy atom. The molecule has 0 saturated heterocycles. The van der Waals surface area contributed by atoms with Gasteiger partial charge in [0, 0.05) is 12.6 Å². The molecule has 1 heterocycles. The van der Waals surface area contributed by atoms with E-state index in [0.717, 1.165) is 12.1 Å². The molecule has 1 aromatic heterocycles. The molecule has 0 spiro atoms. The molecule has 0 amide bonds. The molecule has 0 aliphatic carbocycles. The Kier molecular flexibility index (Phi) is 3.81. The van der Waals surface area contributed by atoms with Gasteiger partial charge in [0.25, 0.3) is 0 Å². The molecule has 0 unspecified atom stereocenters. The van der Waals surface area contributed by atoms with Crippen LogP contribution in [0.4, 0.5) is 10.1 Å². The van der Waals surface area contributed by atoms with Crippen molar-refractivity contribution in [1.82, 2.24) is 15.5 Å². The zero-order chi connectivity index (χ0) is 13.8. The largest absolute Gasteiger partial charge is 0.338 e. The Morgan fingerprint density at radius 2 is 2.26 bits per heavy atom. The summed E-state index contributed by atoms with van der Waals surface area (Å²) in [5.74, 6) is 0.121. The lowest BCUT2D eigenvalue weighted by molar-refractivity contribution is -0.387. The summed E-state index contributed by atoms with van der Waals surface area (Å²) in [5.41, 5.74) is 0.0654. The van der Waals surface area contributed by atoms with Gasteiger partial charge in [0.05, 0.1) is 11.5 Å². The number of nitrogens with zero attached hydrogens (tertiary/aromatic N) is 3. The number of rotatable bonds is 5. The maximum Gasteiger partial charge on any atom is 0.304 e. The third-order valence-corrected chi connectivity index (χ3v) is 2.38. The highest BCUT2D eigenvalue weighted by molar-refractivity contribution is 5.34. The molecular formula is C11H11FN4O3. The van der Waals surface area contributed by atoms with E-state index in [0.29, 0.717) is 30.4 Å². The van der Waals surface area contributed by atoms with Gasteiger partial charge < -0.3 is 9.84 Å². The summed E-state index contributed by atoms with van der Waals surface area (Å²) in [6.07, 6.45) is 0. The SMILES string of the molecule is Cc1noc(CNCc2ccc([N+](=O)[O-])c(F)c2)n1. The zero-order valence-corrected chi connectivity index (χ0v) is 10.1. The van der Waals surface area contributed by atoms with Crippen molar-refractivity contribution < 1.29 is 13.8 Å². The first-order valence-corrected chi connectivity index (χ1v) is 5.49. The van der Waals surface area contributed by atoms with Crippen molar-refractivity contribution in [3.05, 3.63) is 51.4 Å². The van der Waals surface area contributed by atoms with Gasteiger partial charge in [-0.15, -0.1) is 0 Å². The molecule has 8 heteroatoms. The normalized spacial score (nSPS) is 10.6. The number of nitro benzene ring substituents is 1. The smallest absolute Gasteiger partial charge is 0.304 e. The number of nitrogens with one attached hydrogen (secondary N) is 1.